The Morgan fingerprint density at radius 2 is 1.78 bits per heavy atom. The van der Waals surface area contributed by atoms with Crippen LogP contribution in [0.1, 0.15) is 74.2 Å². The van der Waals surface area contributed by atoms with Gasteiger partial charge in [0.1, 0.15) is 0 Å². The monoisotopic (exact) mass is 366 g/mol. The van der Waals surface area contributed by atoms with E-state index < -0.39 is 0 Å². The summed E-state index contributed by atoms with van der Waals surface area (Å²) >= 11 is 0. The molecule has 0 aliphatic heterocycles. The summed E-state index contributed by atoms with van der Waals surface area (Å²) in [7, 11) is 0. The van der Waals surface area contributed by atoms with Crippen molar-refractivity contribution >= 4 is 6.03 Å². The van der Waals surface area contributed by atoms with E-state index in [2.05, 4.69) is 44.7 Å². The van der Waals surface area contributed by atoms with E-state index in [0.717, 1.165) is 38.6 Å². The number of hydrogen-bond acceptors (Lipinski definition) is 2. The summed E-state index contributed by atoms with van der Waals surface area (Å²) in [6.07, 6.45) is 12.3. The van der Waals surface area contributed by atoms with E-state index in [1.807, 2.05) is 12.3 Å². The third-order valence-electron chi connectivity index (χ3n) is 5.93. The molecule has 1 atom stereocenters. The first-order chi connectivity index (χ1) is 13.3. The van der Waals surface area contributed by atoms with Crippen molar-refractivity contribution in [2.75, 3.05) is 0 Å². The van der Waals surface area contributed by atoms with Gasteiger partial charge in [-0.2, -0.15) is 5.10 Å². The van der Waals surface area contributed by atoms with Crippen LogP contribution in [0.3, 0.4) is 0 Å². The third kappa shape index (κ3) is 4.52. The number of amides is 2. The highest BCUT2D eigenvalue weighted by Gasteiger charge is 2.26. The predicted molar refractivity (Wildman–Crippen MR) is 107 cm³/mol. The highest BCUT2D eigenvalue weighted by Crippen LogP contribution is 2.30. The van der Waals surface area contributed by atoms with E-state index in [9.17, 15) is 4.79 Å². The first-order valence-corrected chi connectivity index (χ1v) is 10.4. The Labute approximate surface area is 161 Å². The second-order valence-electron chi connectivity index (χ2n) is 7.94. The van der Waals surface area contributed by atoms with Gasteiger partial charge in [0, 0.05) is 17.3 Å². The van der Waals surface area contributed by atoms with E-state index in [4.69, 9.17) is 0 Å². The summed E-state index contributed by atoms with van der Waals surface area (Å²) in [6, 6.07) is 10.8. The van der Waals surface area contributed by atoms with Gasteiger partial charge < -0.3 is 10.6 Å². The van der Waals surface area contributed by atoms with E-state index >= 15 is 0 Å². The molecule has 27 heavy (non-hydrogen) atoms. The van der Waals surface area contributed by atoms with Crippen LogP contribution in [0.15, 0.2) is 36.5 Å². The van der Waals surface area contributed by atoms with Gasteiger partial charge in [0.25, 0.3) is 0 Å². The number of benzene rings is 1. The molecule has 1 aromatic carbocycles. The van der Waals surface area contributed by atoms with Crippen molar-refractivity contribution in [3.05, 3.63) is 53.3 Å². The maximum absolute atomic E-state index is 12.5. The van der Waals surface area contributed by atoms with Gasteiger partial charge in [-0.05, 0) is 37.7 Å². The molecule has 2 aliphatic carbocycles. The highest BCUT2D eigenvalue weighted by molar-refractivity contribution is 5.74. The van der Waals surface area contributed by atoms with E-state index in [1.54, 1.807) is 0 Å². The Hall–Kier alpha value is -2.30. The average Bonchev–Trinajstić information content (AvgIpc) is 2.91. The van der Waals surface area contributed by atoms with Crippen LogP contribution in [0.5, 0.6) is 0 Å². The number of aromatic nitrogens is 2. The SMILES string of the molecule is O=C(NC1CCCCCC1)NC1CCCc2c1cnn2Cc1ccccc1. The second kappa shape index (κ2) is 8.59. The molecule has 2 N–H and O–H groups in total. The van der Waals surface area contributed by atoms with Gasteiger partial charge in [0.05, 0.1) is 18.8 Å². The lowest BCUT2D eigenvalue weighted by Crippen LogP contribution is -2.44. The second-order valence-corrected chi connectivity index (χ2v) is 7.94. The molecule has 1 heterocycles. The molecular weight excluding hydrogens is 336 g/mol. The van der Waals surface area contributed by atoms with Gasteiger partial charge in [-0.15, -0.1) is 0 Å². The Bertz CT molecular complexity index is 747. The minimum atomic E-state index is -0.0180. The van der Waals surface area contributed by atoms with E-state index in [-0.39, 0.29) is 12.1 Å². The molecule has 4 rings (SSSR count). The van der Waals surface area contributed by atoms with Crippen molar-refractivity contribution in [3.8, 4) is 0 Å². The van der Waals surface area contributed by atoms with Crippen LogP contribution < -0.4 is 10.6 Å². The average molecular weight is 367 g/mol. The van der Waals surface area contributed by atoms with Gasteiger partial charge in [-0.25, -0.2) is 4.79 Å². The Kier molecular flexibility index (Phi) is 5.75. The number of urea groups is 1. The molecule has 5 nitrogen and oxygen atoms in total. The normalized spacial score (nSPS) is 20.5. The topological polar surface area (TPSA) is 59.0 Å². The zero-order valence-electron chi connectivity index (χ0n) is 16.0. The van der Waals surface area contributed by atoms with Gasteiger partial charge in [0.2, 0.25) is 0 Å². The largest absolute Gasteiger partial charge is 0.335 e. The fraction of sp³-hybridized carbons (Fsp3) is 0.545. The molecule has 5 heteroatoms. The fourth-order valence-corrected chi connectivity index (χ4v) is 4.47. The zero-order chi connectivity index (χ0) is 18.5. The molecule has 144 valence electrons. The van der Waals surface area contributed by atoms with E-state index in [0.29, 0.717) is 6.04 Å². The highest BCUT2D eigenvalue weighted by atomic mass is 16.2. The molecule has 0 bridgehead atoms. The lowest BCUT2D eigenvalue weighted by atomic mass is 9.93. The van der Waals surface area contributed by atoms with Crippen LogP contribution in [0.25, 0.3) is 0 Å². The van der Waals surface area contributed by atoms with Crippen molar-refractivity contribution in [1.29, 1.82) is 0 Å². The molecule has 1 fully saturated rings. The molecule has 0 saturated heterocycles. The summed E-state index contributed by atoms with van der Waals surface area (Å²) < 4.78 is 2.10. The molecule has 1 unspecified atom stereocenters. The standard InChI is InChI=1S/C22H30N4O/c27-22(24-18-11-6-1-2-7-12-18)25-20-13-8-14-21-19(20)15-23-26(21)16-17-9-4-3-5-10-17/h3-5,9-10,15,18,20H,1-2,6-8,11-14,16H2,(H2,24,25,27). The molecule has 0 spiro atoms. The molecule has 1 aromatic heterocycles. The molecule has 0 radical (unpaired) electrons. The van der Waals surface area contributed by atoms with Crippen LogP contribution in [-0.4, -0.2) is 21.9 Å². The minimum absolute atomic E-state index is 0.0180. The number of nitrogens with one attached hydrogen (secondary N) is 2. The van der Waals surface area contributed by atoms with Crippen molar-refractivity contribution in [1.82, 2.24) is 20.4 Å². The number of rotatable bonds is 4. The summed E-state index contributed by atoms with van der Waals surface area (Å²) in [5, 5.41) is 11.0. The third-order valence-corrected chi connectivity index (χ3v) is 5.93. The number of nitrogens with zero attached hydrogens (tertiary/aromatic N) is 2. The summed E-state index contributed by atoms with van der Waals surface area (Å²) in [5.74, 6) is 0. The molecule has 1 saturated carbocycles. The van der Waals surface area contributed by atoms with Gasteiger partial charge in [-0.1, -0.05) is 56.0 Å². The zero-order valence-corrected chi connectivity index (χ0v) is 16.0. The molecule has 2 amide bonds. The fourth-order valence-electron chi connectivity index (χ4n) is 4.47. The summed E-state index contributed by atoms with van der Waals surface area (Å²) in [4.78, 5) is 12.5. The van der Waals surface area contributed by atoms with Crippen LogP contribution in [0.2, 0.25) is 0 Å². The smallest absolute Gasteiger partial charge is 0.315 e. The lowest BCUT2D eigenvalue weighted by molar-refractivity contribution is 0.230. The van der Waals surface area contributed by atoms with Crippen molar-refractivity contribution in [2.45, 2.75) is 76.4 Å². The van der Waals surface area contributed by atoms with E-state index in [1.165, 1.54) is 42.5 Å². The Morgan fingerprint density at radius 1 is 1.00 bits per heavy atom. The van der Waals surface area contributed by atoms with Crippen molar-refractivity contribution in [2.24, 2.45) is 0 Å². The van der Waals surface area contributed by atoms with Crippen LogP contribution in [0.4, 0.5) is 4.79 Å². The van der Waals surface area contributed by atoms with Gasteiger partial charge >= 0.3 is 6.03 Å². The maximum Gasteiger partial charge on any atom is 0.315 e. The minimum Gasteiger partial charge on any atom is -0.335 e. The first kappa shape index (κ1) is 18.1. The summed E-state index contributed by atoms with van der Waals surface area (Å²) in [6.45, 7) is 0.789. The predicted octanol–water partition coefficient (Wildman–Crippen LogP) is 4.33. The van der Waals surface area contributed by atoms with Crippen LogP contribution in [0, 0.1) is 0 Å². The Balaban J connectivity index is 1.40. The quantitative estimate of drug-likeness (QED) is 0.791. The van der Waals surface area contributed by atoms with Gasteiger partial charge in [0.15, 0.2) is 0 Å². The lowest BCUT2D eigenvalue weighted by Gasteiger charge is -2.26. The summed E-state index contributed by atoms with van der Waals surface area (Å²) in [5.41, 5.74) is 3.71. The molecule has 2 aromatic rings. The van der Waals surface area contributed by atoms with Gasteiger partial charge in [-0.3, -0.25) is 4.68 Å². The number of carbonyl (C=O) groups is 1. The van der Waals surface area contributed by atoms with Crippen LogP contribution >= 0.6 is 0 Å². The maximum atomic E-state index is 12.5. The Morgan fingerprint density at radius 3 is 2.56 bits per heavy atom. The van der Waals surface area contributed by atoms with Crippen LogP contribution in [-0.2, 0) is 13.0 Å². The molecule has 2 aliphatic rings. The number of fused-ring (bicyclic) bond motifs is 1. The van der Waals surface area contributed by atoms with Crippen molar-refractivity contribution < 1.29 is 4.79 Å². The molecular formula is C22H30N4O. The number of carbonyl (C=O) groups excluding carboxylic acids is 1. The first-order valence-electron chi connectivity index (χ1n) is 10.4. The van der Waals surface area contributed by atoms with Crippen molar-refractivity contribution in [3.63, 3.8) is 0 Å². The number of hydrogen-bond donors (Lipinski definition) is 2.